The van der Waals surface area contributed by atoms with Gasteiger partial charge in [0.15, 0.2) is 5.13 Å². The summed E-state index contributed by atoms with van der Waals surface area (Å²) in [5, 5.41) is 6.09. The van der Waals surface area contributed by atoms with Crippen LogP contribution in [-0.4, -0.2) is 16.8 Å². The molecule has 0 aliphatic heterocycles. The Morgan fingerprint density at radius 3 is 2.47 bits per heavy atom. The molecule has 30 heavy (non-hydrogen) atoms. The normalized spacial score (nSPS) is 10.6. The quantitative estimate of drug-likeness (QED) is 0.464. The second-order valence-corrected chi connectivity index (χ2v) is 7.66. The Kier molecular flexibility index (Phi) is 5.72. The number of amides is 2. The third-order valence-electron chi connectivity index (χ3n) is 4.32. The van der Waals surface area contributed by atoms with E-state index in [1.807, 2.05) is 60.7 Å². The summed E-state index contributed by atoms with van der Waals surface area (Å²) >= 11 is 1.39. The van der Waals surface area contributed by atoms with Crippen LogP contribution in [0.5, 0.6) is 11.5 Å². The molecule has 0 bridgehead atoms. The molecule has 0 spiro atoms. The molecule has 0 saturated carbocycles. The van der Waals surface area contributed by atoms with Crippen molar-refractivity contribution in [3.63, 3.8) is 0 Å². The summed E-state index contributed by atoms with van der Waals surface area (Å²) in [6, 6.07) is 22.3. The minimum atomic E-state index is -0.235. The van der Waals surface area contributed by atoms with Gasteiger partial charge in [0.1, 0.15) is 11.5 Å². The molecule has 0 aliphatic rings. The summed E-state index contributed by atoms with van der Waals surface area (Å²) in [4.78, 5) is 28.0. The van der Waals surface area contributed by atoms with E-state index in [9.17, 15) is 9.59 Å². The SMILES string of the molecule is CC(=O)NCc1ccc(C(=O)Nc2nc3ccc(Oc4ccccc4)cc3s2)cc1. The number of fused-ring (bicyclic) bond motifs is 1. The van der Waals surface area contributed by atoms with Crippen molar-refractivity contribution in [1.82, 2.24) is 10.3 Å². The molecule has 2 amide bonds. The highest BCUT2D eigenvalue weighted by Crippen LogP contribution is 2.31. The molecule has 0 aliphatic carbocycles. The maximum atomic E-state index is 12.5. The summed E-state index contributed by atoms with van der Waals surface area (Å²) < 4.78 is 6.78. The maximum Gasteiger partial charge on any atom is 0.257 e. The average Bonchev–Trinajstić information content (AvgIpc) is 3.15. The van der Waals surface area contributed by atoms with Crippen LogP contribution in [0.3, 0.4) is 0 Å². The molecular formula is C23H19N3O3S. The Balaban J connectivity index is 1.44. The maximum absolute atomic E-state index is 12.5. The van der Waals surface area contributed by atoms with Gasteiger partial charge in [0.2, 0.25) is 5.91 Å². The zero-order valence-electron chi connectivity index (χ0n) is 16.2. The van der Waals surface area contributed by atoms with E-state index in [1.165, 1.54) is 18.3 Å². The summed E-state index contributed by atoms with van der Waals surface area (Å²) in [5.74, 6) is 1.15. The highest BCUT2D eigenvalue weighted by Gasteiger charge is 2.11. The van der Waals surface area contributed by atoms with E-state index in [0.717, 1.165) is 21.5 Å². The Morgan fingerprint density at radius 1 is 0.967 bits per heavy atom. The Hall–Kier alpha value is -3.71. The topological polar surface area (TPSA) is 80.3 Å². The molecular weight excluding hydrogens is 398 g/mol. The predicted octanol–water partition coefficient (Wildman–Crippen LogP) is 4.98. The van der Waals surface area contributed by atoms with Gasteiger partial charge in [-0.1, -0.05) is 41.7 Å². The van der Waals surface area contributed by atoms with E-state index in [4.69, 9.17) is 4.74 Å². The fourth-order valence-electron chi connectivity index (χ4n) is 2.82. The van der Waals surface area contributed by atoms with E-state index in [-0.39, 0.29) is 11.8 Å². The lowest BCUT2D eigenvalue weighted by atomic mass is 10.1. The highest BCUT2D eigenvalue weighted by molar-refractivity contribution is 7.22. The molecule has 7 heteroatoms. The lowest BCUT2D eigenvalue weighted by Gasteiger charge is -2.05. The number of nitrogens with zero attached hydrogens (tertiary/aromatic N) is 1. The van der Waals surface area contributed by atoms with Gasteiger partial charge >= 0.3 is 0 Å². The number of rotatable bonds is 6. The van der Waals surface area contributed by atoms with Crippen LogP contribution in [0.25, 0.3) is 10.2 Å². The van der Waals surface area contributed by atoms with Gasteiger partial charge in [-0.05, 0) is 42.0 Å². The molecule has 2 N–H and O–H groups in total. The van der Waals surface area contributed by atoms with Crippen molar-refractivity contribution in [1.29, 1.82) is 0 Å². The van der Waals surface area contributed by atoms with Gasteiger partial charge in [-0.3, -0.25) is 14.9 Å². The first-order valence-electron chi connectivity index (χ1n) is 9.35. The standard InChI is InChI=1S/C23H19N3O3S/c1-15(27)24-14-16-7-9-17(10-8-16)22(28)26-23-25-20-12-11-19(13-21(20)30-23)29-18-5-3-2-4-6-18/h2-13H,14H2,1H3,(H,24,27)(H,25,26,28). The second-order valence-electron chi connectivity index (χ2n) is 6.62. The van der Waals surface area contributed by atoms with Crippen molar-refractivity contribution in [2.75, 3.05) is 5.32 Å². The largest absolute Gasteiger partial charge is 0.457 e. The number of aromatic nitrogens is 1. The lowest BCUT2D eigenvalue weighted by Crippen LogP contribution is -2.19. The predicted molar refractivity (Wildman–Crippen MR) is 118 cm³/mol. The number of anilines is 1. The Labute approximate surface area is 177 Å². The second kappa shape index (κ2) is 8.75. The number of ether oxygens (including phenoxy) is 1. The van der Waals surface area contributed by atoms with Crippen LogP contribution in [0.2, 0.25) is 0 Å². The number of carbonyl (C=O) groups excluding carboxylic acids is 2. The van der Waals surface area contributed by atoms with Gasteiger partial charge < -0.3 is 10.1 Å². The summed E-state index contributed by atoms with van der Waals surface area (Å²) in [6.07, 6.45) is 0. The van der Waals surface area contributed by atoms with E-state index < -0.39 is 0 Å². The number of hydrogen-bond acceptors (Lipinski definition) is 5. The monoisotopic (exact) mass is 417 g/mol. The molecule has 3 aromatic carbocycles. The number of hydrogen-bond donors (Lipinski definition) is 2. The van der Waals surface area contributed by atoms with Crippen LogP contribution >= 0.6 is 11.3 Å². The van der Waals surface area contributed by atoms with Crippen molar-refractivity contribution in [3.05, 3.63) is 83.9 Å². The van der Waals surface area contributed by atoms with Crippen LogP contribution in [0, 0.1) is 0 Å². The molecule has 0 fully saturated rings. The van der Waals surface area contributed by atoms with Gasteiger partial charge in [0.05, 0.1) is 10.2 Å². The average molecular weight is 417 g/mol. The van der Waals surface area contributed by atoms with Gasteiger partial charge in [0.25, 0.3) is 5.91 Å². The molecule has 0 atom stereocenters. The van der Waals surface area contributed by atoms with Crippen molar-refractivity contribution >= 4 is 38.5 Å². The fourth-order valence-corrected chi connectivity index (χ4v) is 3.71. The highest BCUT2D eigenvalue weighted by atomic mass is 32.1. The van der Waals surface area contributed by atoms with Crippen molar-refractivity contribution in [2.45, 2.75) is 13.5 Å². The Morgan fingerprint density at radius 2 is 1.73 bits per heavy atom. The molecule has 4 aromatic rings. The van der Waals surface area contributed by atoms with Crippen LogP contribution < -0.4 is 15.4 Å². The molecule has 1 heterocycles. The molecule has 0 saturated heterocycles. The van der Waals surface area contributed by atoms with Crippen molar-refractivity contribution in [2.24, 2.45) is 0 Å². The molecule has 0 unspecified atom stereocenters. The van der Waals surface area contributed by atoms with Crippen LogP contribution in [0.1, 0.15) is 22.8 Å². The third kappa shape index (κ3) is 4.82. The fraction of sp³-hybridized carbons (Fsp3) is 0.0870. The number of benzene rings is 3. The minimum Gasteiger partial charge on any atom is -0.457 e. The van der Waals surface area contributed by atoms with Crippen LogP contribution in [0.15, 0.2) is 72.8 Å². The summed E-state index contributed by atoms with van der Waals surface area (Å²) in [6.45, 7) is 1.90. The summed E-state index contributed by atoms with van der Waals surface area (Å²) in [5.41, 5.74) is 2.24. The first-order chi connectivity index (χ1) is 14.6. The number of para-hydroxylation sites is 1. The summed E-state index contributed by atoms with van der Waals surface area (Å²) in [7, 11) is 0. The van der Waals surface area contributed by atoms with Gasteiger partial charge in [0, 0.05) is 25.1 Å². The number of carbonyl (C=O) groups is 2. The van der Waals surface area contributed by atoms with E-state index in [2.05, 4.69) is 15.6 Å². The Bertz CT molecular complexity index is 1190. The molecule has 150 valence electrons. The van der Waals surface area contributed by atoms with Crippen molar-refractivity contribution in [3.8, 4) is 11.5 Å². The number of nitrogens with one attached hydrogen (secondary N) is 2. The lowest BCUT2D eigenvalue weighted by molar-refractivity contribution is -0.119. The molecule has 4 rings (SSSR count). The van der Waals surface area contributed by atoms with E-state index >= 15 is 0 Å². The smallest absolute Gasteiger partial charge is 0.257 e. The molecule has 1 aromatic heterocycles. The number of thiazole rings is 1. The minimum absolute atomic E-state index is 0.0926. The zero-order chi connectivity index (χ0) is 20.9. The first-order valence-corrected chi connectivity index (χ1v) is 10.2. The zero-order valence-corrected chi connectivity index (χ0v) is 17.0. The van der Waals surface area contributed by atoms with Crippen molar-refractivity contribution < 1.29 is 14.3 Å². The molecule has 6 nitrogen and oxygen atoms in total. The first kappa shape index (κ1) is 19.6. The van der Waals surface area contributed by atoms with E-state index in [0.29, 0.717) is 23.0 Å². The van der Waals surface area contributed by atoms with Gasteiger partial charge in [-0.15, -0.1) is 0 Å². The molecule has 0 radical (unpaired) electrons. The third-order valence-corrected chi connectivity index (χ3v) is 5.25. The van der Waals surface area contributed by atoms with Crippen LogP contribution in [0.4, 0.5) is 5.13 Å². The van der Waals surface area contributed by atoms with Gasteiger partial charge in [-0.25, -0.2) is 4.98 Å². The van der Waals surface area contributed by atoms with Gasteiger partial charge in [-0.2, -0.15) is 0 Å². The van der Waals surface area contributed by atoms with E-state index in [1.54, 1.807) is 12.1 Å². The van der Waals surface area contributed by atoms with Crippen LogP contribution in [-0.2, 0) is 11.3 Å².